The molecule has 0 aromatic heterocycles. The molecule has 0 heterocycles. The number of carbonyl (C=O) groups excluding carboxylic acids is 3. The van der Waals surface area contributed by atoms with Crippen LogP contribution >= 0.6 is 11.6 Å². The number of amides is 1. The molecular formula is C51H73ClN2O6. The molecule has 8 nitrogen and oxygen atoms in total. The van der Waals surface area contributed by atoms with Gasteiger partial charge in [-0.25, -0.2) is 0 Å². The van der Waals surface area contributed by atoms with Crippen molar-refractivity contribution in [2.24, 2.45) is 62.6 Å². The van der Waals surface area contributed by atoms with Crippen LogP contribution < -0.4 is 10.6 Å². The summed E-state index contributed by atoms with van der Waals surface area (Å²) in [7, 11) is 0. The Labute approximate surface area is 364 Å². The monoisotopic (exact) mass is 845 g/mol. The van der Waals surface area contributed by atoms with Gasteiger partial charge in [-0.3, -0.25) is 19.2 Å². The van der Waals surface area contributed by atoms with Gasteiger partial charge in [0.05, 0.1) is 22.9 Å². The van der Waals surface area contributed by atoms with E-state index in [1.165, 1.54) is 11.1 Å². The molecule has 8 rings (SSSR count). The molecule has 0 saturated heterocycles. The molecule has 10 atom stereocenters. The fourth-order valence-corrected chi connectivity index (χ4v) is 15.4. The number of allylic oxidation sites excluding steroid dienone is 1. The number of nitrogens with one attached hydrogen (secondary N) is 2. The fraction of sp³-hybridized carbons (Fsp3) is 0.765. The van der Waals surface area contributed by atoms with Crippen molar-refractivity contribution in [1.29, 1.82) is 0 Å². The third-order valence-corrected chi connectivity index (χ3v) is 19.8. The normalized spacial score (nSPS) is 39.7. The number of rotatable bonds is 10. The topological polar surface area (TPSA) is 122 Å². The van der Waals surface area contributed by atoms with E-state index in [1.54, 1.807) is 0 Å². The van der Waals surface area contributed by atoms with E-state index in [0.717, 1.165) is 74.8 Å². The summed E-state index contributed by atoms with van der Waals surface area (Å²) in [6.45, 7) is 25.0. The number of fused-ring (bicyclic) bond motifs is 7. The van der Waals surface area contributed by atoms with Crippen LogP contribution in [0.3, 0.4) is 0 Å². The molecule has 0 spiro atoms. The number of benzene rings is 1. The fourth-order valence-electron chi connectivity index (χ4n) is 15.3. The Morgan fingerprint density at radius 2 is 1.50 bits per heavy atom. The molecule has 1 unspecified atom stereocenters. The second-order valence-electron chi connectivity index (χ2n) is 23.8. The van der Waals surface area contributed by atoms with Gasteiger partial charge in [-0.15, -0.1) is 0 Å². The van der Waals surface area contributed by atoms with E-state index >= 15 is 0 Å². The SMILES string of the molecule is CC(C)C1=C2[C@H]3CC[C@@H]4[C@@]5(C)CC[C@H](OC(=O)C6C[C@@H](C(=O)O)C6(C)C)C(C)(C)[C@@H]5CC[C@@]4(C)[C@]3(C)CC[C@@]2(NC(=O)C(C)(C)NCC2(c3ccc(Cl)cc3)CC2)CC1=O. The molecule has 0 aliphatic heterocycles. The molecule has 1 amide bonds. The largest absolute Gasteiger partial charge is 0.481 e. The van der Waals surface area contributed by atoms with Crippen LogP contribution in [0.5, 0.6) is 0 Å². The molecule has 330 valence electrons. The number of carboxylic acids is 1. The summed E-state index contributed by atoms with van der Waals surface area (Å²) < 4.78 is 6.44. The second-order valence-corrected chi connectivity index (χ2v) is 24.2. The predicted octanol–water partition coefficient (Wildman–Crippen LogP) is 10.2. The van der Waals surface area contributed by atoms with Gasteiger partial charge in [0.25, 0.3) is 0 Å². The molecule has 7 aliphatic rings. The van der Waals surface area contributed by atoms with Gasteiger partial charge < -0.3 is 20.5 Å². The summed E-state index contributed by atoms with van der Waals surface area (Å²) in [5.41, 5.74) is 1.16. The van der Waals surface area contributed by atoms with Gasteiger partial charge in [-0.2, -0.15) is 0 Å². The Kier molecular flexibility index (Phi) is 10.4. The van der Waals surface area contributed by atoms with Crippen molar-refractivity contribution in [3.8, 4) is 0 Å². The third kappa shape index (κ3) is 6.34. The molecule has 60 heavy (non-hydrogen) atoms. The van der Waals surface area contributed by atoms with Crippen LogP contribution in [0.4, 0.5) is 0 Å². The van der Waals surface area contributed by atoms with E-state index in [4.69, 9.17) is 16.3 Å². The zero-order chi connectivity index (χ0) is 43.8. The standard InChI is InChI=1S/C51H73ClN2O6/c1-29(2)39-35(55)27-51(54-43(59)46(7,8)53-28-50(23-24-50)30-12-14-31(52)15-13-30)25-22-48(10)32(40(39)51)16-17-37-47(9)20-19-38(45(5,6)36(47)18-21-49(37,48)11)60-42(58)34-26-33(41(56)57)44(34,3)4/h12-15,29,32-34,36-38,53H,16-28H2,1-11H3,(H,54,59)(H,56,57)/t32-,33+,34?,36+,37-,38+,47+,48-,49-,51-/m1/s1. The van der Waals surface area contributed by atoms with Crippen molar-refractivity contribution in [2.75, 3.05) is 6.54 Å². The number of carboxylic acid groups (broad SMARTS) is 1. The highest BCUT2D eigenvalue weighted by atomic mass is 35.5. The summed E-state index contributed by atoms with van der Waals surface area (Å²) in [5, 5.41) is 17.7. The number of aliphatic carboxylic acids is 1. The van der Waals surface area contributed by atoms with Crippen LogP contribution in [0.1, 0.15) is 159 Å². The average molecular weight is 846 g/mol. The molecule has 0 radical (unpaired) electrons. The van der Waals surface area contributed by atoms with Gasteiger partial charge in [0.15, 0.2) is 5.78 Å². The summed E-state index contributed by atoms with van der Waals surface area (Å²) >= 11 is 6.21. The highest BCUT2D eigenvalue weighted by Crippen LogP contribution is 2.76. The maximum Gasteiger partial charge on any atom is 0.309 e. The first-order chi connectivity index (χ1) is 27.8. The van der Waals surface area contributed by atoms with Gasteiger partial charge >= 0.3 is 11.9 Å². The second kappa shape index (κ2) is 14.1. The van der Waals surface area contributed by atoms with Crippen LogP contribution in [0.25, 0.3) is 0 Å². The number of carbonyl (C=O) groups is 4. The minimum atomic E-state index is -0.835. The smallest absolute Gasteiger partial charge is 0.309 e. The molecule has 0 bridgehead atoms. The highest BCUT2D eigenvalue weighted by Gasteiger charge is 2.71. The lowest BCUT2D eigenvalue weighted by Gasteiger charge is -2.72. The van der Waals surface area contributed by atoms with Crippen LogP contribution in [0, 0.1) is 62.6 Å². The first kappa shape index (κ1) is 43.9. The number of halogens is 1. The van der Waals surface area contributed by atoms with E-state index in [9.17, 15) is 24.3 Å². The molecule has 1 aromatic carbocycles. The number of ether oxygens (including phenoxy) is 1. The number of ketones is 1. The van der Waals surface area contributed by atoms with Crippen molar-refractivity contribution in [3.05, 3.63) is 46.0 Å². The number of esters is 1. The van der Waals surface area contributed by atoms with E-state index in [0.29, 0.717) is 31.2 Å². The molecule has 3 N–H and O–H groups in total. The number of hydrogen-bond donors (Lipinski definition) is 3. The zero-order valence-corrected chi connectivity index (χ0v) is 39.2. The van der Waals surface area contributed by atoms with Crippen molar-refractivity contribution in [3.63, 3.8) is 0 Å². The van der Waals surface area contributed by atoms with Crippen molar-refractivity contribution >= 4 is 35.2 Å². The highest BCUT2D eigenvalue weighted by molar-refractivity contribution is 6.30. The minimum absolute atomic E-state index is 0.00957. The molecular weight excluding hydrogens is 772 g/mol. The van der Waals surface area contributed by atoms with Crippen LogP contribution in [-0.2, 0) is 29.3 Å². The van der Waals surface area contributed by atoms with Crippen molar-refractivity contribution < 1.29 is 29.0 Å². The van der Waals surface area contributed by atoms with Crippen LogP contribution in [0.15, 0.2) is 35.4 Å². The van der Waals surface area contributed by atoms with Gasteiger partial charge in [0.1, 0.15) is 6.10 Å². The lowest BCUT2D eigenvalue weighted by atomic mass is 9.33. The molecule has 9 heteroatoms. The quantitative estimate of drug-likeness (QED) is 0.201. The number of hydrogen-bond acceptors (Lipinski definition) is 6. The lowest BCUT2D eigenvalue weighted by Crippen LogP contribution is -2.68. The van der Waals surface area contributed by atoms with Crippen molar-refractivity contribution in [2.45, 2.75) is 176 Å². The van der Waals surface area contributed by atoms with E-state index in [2.05, 4.69) is 71.2 Å². The maximum atomic E-state index is 14.6. The van der Waals surface area contributed by atoms with Gasteiger partial charge in [-0.05, 0) is 159 Å². The molecule has 6 saturated carbocycles. The minimum Gasteiger partial charge on any atom is -0.481 e. The van der Waals surface area contributed by atoms with Gasteiger partial charge in [-0.1, -0.05) is 86.0 Å². The van der Waals surface area contributed by atoms with Crippen LogP contribution in [0.2, 0.25) is 5.02 Å². The Balaban J connectivity index is 1.02. The van der Waals surface area contributed by atoms with Crippen molar-refractivity contribution in [1.82, 2.24) is 10.6 Å². The van der Waals surface area contributed by atoms with E-state index in [1.807, 2.05) is 39.8 Å². The molecule has 7 aliphatic carbocycles. The first-order valence-corrected chi connectivity index (χ1v) is 23.7. The Morgan fingerprint density at radius 1 is 0.833 bits per heavy atom. The third-order valence-electron chi connectivity index (χ3n) is 19.6. The summed E-state index contributed by atoms with van der Waals surface area (Å²) in [6.07, 6.45) is 10.4. The molecule has 1 aromatic rings. The average Bonchev–Trinajstić information content (AvgIpc) is 3.88. The summed E-state index contributed by atoms with van der Waals surface area (Å²) in [5.74, 6) is -0.665. The zero-order valence-electron chi connectivity index (χ0n) is 38.4. The Bertz CT molecular complexity index is 2000. The number of Topliss-reactive ketones (excluding diaryl/α,β-unsaturated/α-hetero) is 1. The van der Waals surface area contributed by atoms with Crippen LogP contribution in [-0.4, -0.2) is 52.5 Å². The summed E-state index contributed by atoms with van der Waals surface area (Å²) in [6, 6.07) is 8.12. The maximum absolute atomic E-state index is 14.6. The predicted molar refractivity (Wildman–Crippen MR) is 235 cm³/mol. The van der Waals surface area contributed by atoms with E-state index < -0.39 is 28.4 Å². The van der Waals surface area contributed by atoms with E-state index in [-0.39, 0.29) is 68.6 Å². The Hall–Kier alpha value is -2.71. The van der Waals surface area contributed by atoms with Gasteiger partial charge in [0.2, 0.25) is 5.91 Å². The summed E-state index contributed by atoms with van der Waals surface area (Å²) in [4.78, 5) is 54.4. The lowest BCUT2D eigenvalue weighted by molar-refractivity contribution is -0.235. The first-order valence-electron chi connectivity index (χ1n) is 23.3. The molecule has 6 fully saturated rings. The Morgan fingerprint density at radius 3 is 2.10 bits per heavy atom. The van der Waals surface area contributed by atoms with Gasteiger partial charge in [0, 0.05) is 28.8 Å².